The van der Waals surface area contributed by atoms with Crippen molar-refractivity contribution < 1.29 is 23.9 Å². The summed E-state index contributed by atoms with van der Waals surface area (Å²) >= 11 is 7.48. The van der Waals surface area contributed by atoms with E-state index in [1.807, 2.05) is 30.3 Å². The first-order valence-electron chi connectivity index (χ1n) is 10.5. The lowest BCUT2D eigenvalue weighted by Gasteiger charge is -2.10. The van der Waals surface area contributed by atoms with Crippen molar-refractivity contribution in [2.45, 2.75) is 6.92 Å². The van der Waals surface area contributed by atoms with Crippen molar-refractivity contribution in [3.8, 4) is 11.1 Å². The van der Waals surface area contributed by atoms with Gasteiger partial charge < -0.3 is 14.8 Å². The van der Waals surface area contributed by atoms with Gasteiger partial charge in [0.25, 0.3) is 5.91 Å². The van der Waals surface area contributed by atoms with Crippen LogP contribution >= 0.6 is 22.9 Å². The summed E-state index contributed by atoms with van der Waals surface area (Å²) in [6.07, 6.45) is 0. The molecule has 4 aromatic rings. The molecule has 0 aliphatic carbocycles. The van der Waals surface area contributed by atoms with E-state index in [-0.39, 0.29) is 12.2 Å². The van der Waals surface area contributed by atoms with Crippen molar-refractivity contribution in [2.24, 2.45) is 0 Å². The SMILES string of the molecule is CCOC(=O)c1c(-c2ccccc2Cl)csc1NC(=O)COC(=O)c1cccc2ccccc12. The third-order valence-electron chi connectivity index (χ3n) is 5.03. The number of nitrogens with one attached hydrogen (secondary N) is 1. The van der Waals surface area contributed by atoms with Gasteiger partial charge in [-0.15, -0.1) is 11.3 Å². The van der Waals surface area contributed by atoms with E-state index in [4.69, 9.17) is 21.1 Å². The van der Waals surface area contributed by atoms with Crippen LogP contribution < -0.4 is 5.32 Å². The van der Waals surface area contributed by atoms with Gasteiger partial charge in [0.15, 0.2) is 6.61 Å². The van der Waals surface area contributed by atoms with Crippen LogP contribution in [-0.4, -0.2) is 31.1 Å². The van der Waals surface area contributed by atoms with E-state index < -0.39 is 24.5 Å². The van der Waals surface area contributed by atoms with E-state index in [1.165, 1.54) is 0 Å². The fourth-order valence-corrected chi connectivity index (χ4v) is 4.71. The molecule has 8 heteroatoms. The predicted molar refractivity (Wildman–Crippen MR) is 134 cm³/mol. The summed E-state index contributed by atoms with van der Waals surface area (Å²) in [6, 6.07) is 19.8. The number of amides is 1. The molecule has 172 valence electrons. The lowest BCUT2D eigenvalue weighted by molar-refractivity contribution is -0.119. The molecule has 0 saturated carbocycles. The summed E-state index contributed by atoms with van der Waals surface area (Å²) in [6.45, 7) is 1.36. The van der Waals surface area contributed by atoms with Crippen LogP contribution in [0.4, 0.5) is 5.00 Å². The van der Waals surface area contributed by atoms with Gasteiger partial charge in [-0.25, -0.2) is 9.59 Å². The second-order valence-electron chi connectivity index (χ2n) is 7.20. The van der Waals surface area contributed by atoms with Crippen LogP contribution in [0.15, 0.2) is 72.1 Å². The number of thiophene rings is 1. The normalized spacial score (nSPS) is 10.6. The standard InChI is InChI=1S/C26H20ClNO5S/c1-2-32-26(31)23-20(18-11-5-6-13-21(18)27)15-34-24(23)28-22(29)14-33-25(30)19-12-7-9-16-8-3-4-10-17(16)19/h3-13,15H,2,14H2,1H3,(H,28,29). The van der Waals surface area contributed by atoms with Gasteiger partial charge in [-0.1, -0.05) is 66.2 Å². The summed E-state index contributed by atoms with van der Waals surface area (Å²) in [7, 11) is 0. The molecular weight excluding hydrogens is 474 g/mol. The maximum Gasteiger partial charge on any atom is 0.341 e. The number of carbonyl (C=O) groups is 3. The highest BCUT2D eigenvalue weighted by molar-refractivity contribution is 7.15. The van der Waals surface area contributed by atoms with Crippen LogP contribution in [-0.2, 0) is 14.3 Å². The van der Waals surface area contributed by atoms with Crippen LogP contribution in [0.25, 0.3) is 21.9 Å². The number of anilines is 1. The highest BCUT2D eigenvalue weighted by Gasteiger charge is 2.24. The topological polar surface area (TPSA) is 81.7 Å². The molecule has 0 unspecified atom stereocenters. The van der Waals surface area contributed by atoms with Gasteiger partial charge in [-0.05, 0) is 29.8 Å². The van der Waals surface area contributed by atoms with Crippen LogP contribution in [0.5, 0.6) is 0 Å². The molecule has 1 amide bonds. The Labute approximate surface area is 205 Å². The van der Waals surface area contributed by atoms with Gasteiger partial charge in [0.2, 0.25) is 0 Å². The zero-order chi connectivity index (χ0) is 24.1. The fraction of sp³-hybridized carbons (Fsp3) is 0.115. The van der Waals surface area contributed by atoms with Crippen molar-refractivity contribution >= 4 is 56.6 Å². The average molecular weight is 494 g/mol. The Kier molecular flexibility index (Phi) is 7.25. The molecule has 34 heavy (non-hydrogen) atoms. The van der Waals surface area contributed by atoms with Gasteiger partial charge in [0, 0.05) is 21.5 Å². The molecule has 1 N–H and O–H groups in total. The number of carbonyl (C=O) groups excluding carboxylic acids is 3. The number of esters is 2. The van der Waals surface area contributed by atoms with Crippen molar-refractivity contribution in [2.75, 3.05) is 18.5 Å². The number of hydrogen-bond acceptors (Lipinski definition) is 6. The molecule has 6 nitrogen and oxygen atoms in total. The van der Waals surface area contributed by atoms with Gasteiger partial charge >= 0.3 is 11.9 Å². The lowest BCUT2D eigenvalue weighted by Crippen LogP contribution is -2.22. The van der Waals surface area contributed by atoms with Crippen molar-refractivity contribution in [3.63, 3.8) is 0 Å². The second-order valence-corrected chi connectivity index (χ2v) is 8.49. The van der Waals surface area contributed by atoms with E-state index >= 15 is 0 Å². The zero-order valence-corrected chi connectivity index (χ0v) is 19.7. The number of halogens is 1. The summed E-state index contributed by atoms with van der Waals surface area (Å²) in [5.41, 5.74) is 1.77. The first kappa shape index (κ1) is 23.5. The summed E-state index contributed by atoms with van der Waals surface area (Å²) in [4.78, 5) is 37.9. The third kappa shape index (κ3) is 4.95. The molecule has 3 aromatic carbocycles. The highest BCUT2D eigenvalue weighted by Crippen LogP contribution is 2.39. The molecule has 0 aliphatic heterocycles. The molecule has 0 spiro atoms. The fourth-order valence-electron chi connectivity index (χ4n) is 3.51. The molecule has 0 fully saturated rings. The van der Waals surface area contributed by atoms with Crippen molar-refractivity contribution in [1.29, 1.82) is 0 Å². The molecule has 0 bridgehead atoms. The molecule has 1 heterocycles. The van der Waals surface area contributed by atoms with Crippen LogP contribution in [0, 0.1) is 0 Å². The molecule has 0 radical (unpaired) electrons. The minimum atomic E-state index is -0.611. The molecule has 0 aliphatic rings. The molecule has 0 atom stereocenters. The maximum atomic E-state index is 12.7. The minimum Gasteiger partial charge on any atom is -0.462 e. The summed E-state index contributed by atoms with van der Waals surface area (Å²) in [5.74, 6) is -1.77. The number of hydrogen-bond donors (Lipinski definition) is 1. The Morgan fingerprint density at radius 2 is 1.62 bits per heavy atom. The van der Waals surface area contributed by atoms with E-state index in [0.717, 1.165) is 22.1 Å². The second kappa shape index (κ2) is 10.5. The largest absolute Gasteiger partial charge is 0.462 e. The first-order valence-corrected chi connectivity index (χ1v) is 11.7. The highest BCUT2D eigenvalue weighted by atomic mass is 35.5. The van der Waals surface area contributed by atoms with Crippen molar-refractivity contribution in [3.05, 3.63) is 88.3 Å². The van der Waals surface area contributed by atoms with E-state index in [0.29, 0.717) is 26.7 Å². The number of fused-ring (bicyclic) bond motifs is 1. The molecular formula is C26H20ClNO5S. The average Bonchev–Trinajstić information content (AvgIpc) is 3.25. The molecule has 1 aromatic heterocycles. The predicted octanol–water partition coefficient (Wildman–Crippen LogP) is 6.19. The summed E-state index contributed by atoms with van der Waals surface area (Å²) in [5, 5.41) is 6.78. The Balaban J connectivity index is 1.52. The third-order valence-corrected chi connectivity index (χ3v) is 6.26. The molecule has 0 saturated heterocycles. The first-order chi connectivity index (χ1) is 16.5. The minimum absolute atomic E-state index is 0.173. The quantitative estimate of drug-likeness (QED) is 0.310. The van der Waals surface area contributed by atoms with Gasteiger partial charge in [-0.2, -0.15) is 0 Å². The Bertz CT molecular complexity index is 1380. The lowest BCUT2D eigenvalue weighted by atomic mass is 10.0. The van der Waals surface area contributed by atoms with E-state index in [9.17, 15) is 14.4 Å². The monoisotopic (exact) mass is 493 g/mol. The van der Waals surface area contributed by atoms with Gasteiger partial charge in [0.05, 0.1) is 12.2 Å². The van der Waals surface area contributed by atoms with Crippen LogP contribution in [0.1, 0.15) is 27.6 Å². The Hall–Kier alpha value is -3.68. The van der Waals surface area contributed by atoms with E-state index in [1.54, 1.807) is 48.7 Å². The Morgan fingerprint density at radius 1 is 0.882 bits per heavy atom. The Morgan fingerprint density at radius 3 is 2.41 bits per heavy atom. The number of rotatable bonds is 7. The van der Waals surface area contributed by atoms with Gasteiger partial charge in [-0.3, -0.25) is 4.79 Å². The number of benzene rings is 3. The van der Waals surface area contributed by atoms with E-state index in [2.05, 4.69) is 5.32 Å². The van der Waals surface area contributed by atoms with Crippen LogP contribution in [0.3, 0.4) is 0 Å². The maximum absolute atomic E-state index is 12.7. The van der Waals surface area contributed by atoms with Crippen molar-refractivity contribution in [1.82, 2.24) is 0 Å². The zero-order valence-electron chi connectivity index (χ0n) is 18.2. The number of ether oxygens (including phenoxy) is 2. The van der Waals surface area contributed by atoms with Gasteiger partial charge in [0.1, 0.15) is 10.6 Å². The molecule has 4 rings (SSSR count). The van der Waals surface area contributed by atoms with Crippen LogP contribution in [0.2, 0.25) is 5.02 Å². The summed E-state index contributed by atoms with van der Waals surface area (Å²) < 4.78 is 10.4. The smallest absolute Gasteiger partial charge is 0.341 e.